The smallest absolute Gasteiger partial charge is 0.493 e. The first kappa shape index (κ1) is 41.6. The molecule has 0 aliphatic rings. The zero-order valence-corrected chi connectivity index (χ0v) is 30.8. The van der Waals surface area contributed by atoms with E-state index in [1.165, 1.54) is 31.6 Å². The molecule has 21 nitrogen and oxygen atoms in total. The molecule has 0 amide bonds. The van der Waals surface area contributed by atoms with Crippen molar-refractivity contribution in [1.82, 2.24) is 41.3 Å². The summed E-state index contributed by atoms with van der Waals surface area (Å²) < 4.78 is 58.5. The number of carbonyl (C=O) groups excluding carboxylic acids is 1. The molecular weight excluding hydrogens is 744 g/mol. The Morgan fingerprint density at radius 2 is 1.75 bits per heavy atom. The summed E-state index contributed by atoms with van der Waals surface area (Å²) in [4.78, 5) is 25.0. The van der Waals surface area contributed by atoms with Gasteiger partial charge in [0.2, 0.25) is 17.5 Å². The quantitative estimate of drug-likeness (QED) is 0.0202. The van der Waals surface area contributed by atoms with Gasteiger partial charge in [-0.3, -0.25) is 20.2 Å². The predicted octanol–water partition coefficient (Wildman–Crippen LogP) is 3.31. The zero-order valence-electron chi connectivity index (χ0n) is 30.0. The minimum absolute atomic E-state index is 0.0293. The van der Waals surface area contributed by atoms with Gasteiger partial charge < -0.3 is 34.7 Å². The summed E-state index contributed by atoms with van der Waals surface area (Å²) in [5.74, 6) is -0.724. The van der Waals surface area contributed by atoms with Crippen molar-refractivity contribution in [2.75, 3.05) is 33.5 Å². The number of nitrogens with two attached hydrogens (primary N) is 1. The molecule has 3 heterocycles. The van der Waals surface area contributed by atoms with Crippen molar-refractivity contribution in [1.29, 1.82) is 0 Å². The molecule has 0 bridgehead atoms. The molecule has 4 aromatic rings. The molecule has 0 radical (unpaired) electrons. The third-order valence-electron chi connectivity index (χ3n) is 7.09. The van der Waals surface area contributed by atoms with E-state index >= 15 is 0 Å². The number of methoxy groups -OCH3 is 1. The molecule has 0 atom stereocenters. The van der Waals surface area contributed by atoms with E-state index < -0.39 is 33.2 Å². The van der Waals surface area contributed by atoms with Crippen LogP contribution in [0.3, 0.4) is 0 Å². The van der Waals surface area contributed by atoms with E-state index in [0.717, 1.165) is 5.56 Å². The molecule has 22 heteroatoms. The SMILES string of the molecule is C=C(NC(OCCOC(=O)OCCCCON(O)O)=C(Oc1ccccc1OC)C(N)=NS(=O)(=O)c1ccc(C(C)C)cn1)c1ccnc(-c2nn[nH]n2)c1. The molecule has 0 saturated carbocycles. The Morgan fingerprint density at radius 3 is 2.42 bits per heavy atom. The van der Waals surface area contributed by atoms with Crippen molar-refractivity contribution in [3.63, 3.8) is 0 Å². The molecule has 4 rings (SSSR count). The predicted molar refractivity (Wildman–Crippen MR) is 191 cm³/mol. The monoisotopic (exact) mass is 784 g/mol. The Kier molecular flexibility index (Phi) is 15.3. The van der Waals surface area contributed by atoms with Crippen LogP contribution in [-0.4, -0.2) is 100 Å². The average Bonchev–Trinajstić information content (AvgIpc) is 3.72. The van der Waals surface area contributed by atoms with Gasteiger partial charge in [-0.05, 0) is 59.9 Å². The summed E-state index contributed by atoms with van der Waals surface area (Å²) in [5.41, 5.74) is 8.20. The molecule has 3 aromatic heterocycles. The highest BCUT2D eigenvalue weighted by molar-refractivity contribution is 7.90. The summed E-state index contributed by atoms with van der Waals surface area (Å²) >= 11 is 0. The van der Waals surface area contributed by atoms with Gasteiger partial charge >= 0.3 is 16.2 Å². The summed E-state index contributed by atoms with van der Waals surface area (Å²) in [6, 6.07) is 12.6. The maximum Gasteiger partial charge on any atom is 0.508 e. The van der Waals surface area contributed by atoms with E-state index in [0.29, 0.717) is 24.1 Å². The van der Waals surface area contributed by atoms with Crippen LogP contribution in [-0.2, 0) is 29.1 Å². The Hall–Kier alpha value is -6.20. The molecule has 294 valence electrons. The van der Waals surface area contributed by atoms with Crippen LogP contribution < -0.4 is 20.5 Å². The summed E-state index contributed by atoms with van der Waals surface area (Å²) in [5, 5.41) is 33.1. The van der Waals surface area contributed by atoms with Crippen LogP contribution in [0.4, 0.5) is 4.79 Å². The average molecular weight is 785 g/mol. The minimum Gasteiger partial charge on any atom is -0.493 e. The molecule has 0 spiro atoms. The number of benzene rings is 1. The van der Waals surface area contributed by atoms with Crippen molar-refractivity contribution in [3.05, 3.63) is 90.3 Å². The molecule has 55 heavy (non-hydrogen) atoms. The van der Waals surface area contributed by atoms with Gasteiger partial charge in [0.1, 0.15) is 18.9 Å². The maximum atomic E-state index is 13.5. The lowest BCUT2D eigenvalue weighted by molar-refractivity contribution is -0.492. The Labute approximate surface area is 315 Å². The number of aromatic nitrogens is 6. The second-order valence-electron chi connectivity index (χ2n) is 11.3. The van der Waals surface area contributed by atoms with Crippen LogP contribution in [0.15, 0.2) is 88.6 Å². The minimum atomic E-state index is -4.51. The lowest BCUT2D eigenvalue weighted by Crippen LogP contribution is -2.29. The van der Waals surface area contributed by atoms with Crippen LogP contribution in [0.1, 0.15) is 43.7 Å². The third kappa shape index (κ3) is 12.7. The van der Waals surface area contributed by atoms with Gasteiger partial charge in [0, 0.05) is 23.7 Å². The number of hydrogen-bond acceptors (Lipinski definition) is 18. The number of rotatable bonds is 21. The maximum absolute atomic E-state index is 13.5. The Balaban J connectivity index is 1.67. The fourth-order valence-corrected chi connectivity index (χ4v) is 5.19. The number of nitrogens with one attached hydrogen (secondary N) is 2. The number of ether oxygens (including phenoxy) is 5. The lowest BCUT2D eigenvalue weighted by Gasteiger charge is -2.20. The number of nitrogens with zero attached hydrogens (tertiary/aromatic N) is 7. The number of unbranched alkanes of at least 4 members (excludes halogenated alkanes) is 1. The van der Waals surface area contributed by atoms with E-state index in [1.54, 1.807) is 36.4 Å². The first-order valence-corrected chi connectivity index (χ1v) is 17.8. The van der Waals surface area contributed by atoms with Crippen molar-refractivity contribution in [2.45, 2.75) is 37.6 Å². The van der Waals surface area contributed by atoms with Gasteiger partial charge in [-0.2, -0.15) is 13.6 Å². The van der Waals surface area contributed by atoms with Crippen molar-refractivity contribution in [2.24, 2.45) is 10.1 Å². The van der Waals surface area contributed by atoms with Gasteiger partial charge in [-0.15, -0.1) is 14.6 Å². The van der Waals surface area contributed by atoms with E-state index in [1.807, 2.05) is 13.8 Å². The number of amidine groups is 1. The first-order valence-electron chi connectivity index (χ1n) is 16.4. The van der Waals surface area contributed by atoms with E-state index in [4.69, 9.17) is 39.8 Å². The van der Waals surface area contributed by atoms with E-state index in [2.05, 4.69) is 51.7 Å². The lowest BCUT2D eigenvalue weighted by atomic mass is 10.1. The normalized spacial score (nSPS) is 12.2. The standard InChI is InChI=1S/C33H40N10O11S/c1-21(2)24-11-12-28(36-20-24)55(47,48)40-30(34)29(54-27-10-6-5-9-26(27)49-4)32(50-17-18-52-33(44)51-15-7-8-16-53-43(45)46)37-22(3)23-13-14-35-25(19-23)31-38-41-42-39-31/h5-6,9-14,19-21,37,45-46H,3,7-8,15-18H2,1-2,4H3,(H2,34,40)(H,38,39,41,42). The highest BCUT2D eigenvalue weighted by Gasteiger charge is 2.24. The third-order valence-corrected chi connectivity index (χ3v) is 8.30. The summed E-state index contributed by atoms with van der Waals surface area (Å²) in [6.45, 7) is 7.18. The fourth-order valence-electron chi connectivity index (χ4n) is 4.33. The molecule has 6 N–H and O–H groups in total. The van der Waals surface area contributed by atoms with Crippen molar-refractivity contribution < 1.29 is 52.1 Å². The summed E-state index contributed by atoms with van der Waals surface area (Å²) in [6.07, 6.45) is 2.58. The topological polar surface area (TPSA) is 281 Å². The highest BCUT2D eigenvalue weighted by atomic mass is 32.2. The van der Waals surface area contributed by atoms with Crippen LogP contribution in [0.2, 0.25) is 0 Å². The molecule has 0 aliphatic carbocycles. The second kappa shape index (κ2) is 20.3. The van der Waals surface area contributed by atoms with E-state index in [-0.39, 0.29) is 66.3 Å². The number of carbonyl (C=O) groups is 1. The number of aromatic amines is 1. The molecule has 1 aromatic carbocycles. The Bertz CT molecular complexity index is 2040. The van der Waals surface area contributed by atoms with Gasteiger partial charge in [-0.25, -0.2) is 9.78 Å². The van der Waals surface area contributed by atoms with Crippen molar-refractivity contribution in [3.8, 4) is 23.0 Å². The highest BCUT2D eigenvalue weighted by Crippen LogP contribution is 2.29. The zero-order chi connectivity index (χ0) is 39.8. The van der Waals surface area contributed by atoms with Crippen LogP contribution in [0, 0.1) is 0 Å². The van der Waals surface area contributed by atoms with Crippen LogP contribution in [0.25, 0.3) is 17.2 Å². The van der Waals surface area contributed by atoms with Gasteiger partial charge in [0.25, 0.3) is 0 Å². The summed E-state index contributed by atoms with van der Waals surface area (Å²) in [7, 11) is -3.10. The molecule has 0 unspecified atom stereocenters. The number of hydrogen-bond donors (Lipinski definition) is 5. The van der Waals surface area contributed by atoms with E-state index in [9.17, 15) is 13.2 Å². The second-order valence-corrected chi connectivity index (χ2v) is 12.9. The number of H-pyrrole nitrogens is 1. The largest absolute Gasteiger partial charge is 0.508 e. The number of tetrazole rings is 1. The van der Waals surface area contributed by atoms with Crippen LogP contribution in [0.5, 0.6) is 11.5 Å². The Morgan fingerprint density at radius 1 is 1.02 bits per heavy atom. The van der Waals surface area contributed by atoms with Crippen LogP contribution >= 0.6 is 0 Å². The number of para-hydroxylation sites is 2. The molecule has 0 fully saturated rings. The van der Waals surface area contributed by atoms with Gasteiger partial charge in [0.15, 0.2) is 22.4 Å². The number of pyridine rings is 2. The van der Waals surface area contributed by atoms with Crippen molar-refractivity contribution >= 4 is 27.7 Å². The molecule has 0 aliphatic heterocycles. The fraction of sp³-hybridized carbons (Fsp3) is 0.303. The molecular formula is C33H40N10O11S. The first-order chi connectivity index (χ1) is 26.4. The van der Waals surface area contributed by atoms with Gasteiger partial charge in [-0.1, -0.05) is 38.6 Å². The van der Waals surface area contributed by atoms with Gasteiger partial charge in [0.05, 0.1) is 25.7 Å². The number of sulfonamides is 1. The molecule has 0 saturated heterocycles.